The van der Waals surface area contributed by atoms with E-state index in [1.807, 2.05) is 36.4 Å². The lowest BCUT2D eigenvalue weighted by atomic mass is 9.93. The van der Waals surface area contributed by atoms with Crippen molar-refractivity contribution < 1.29 is 24.1 Å². The van der Waals surface area contributed by atoms with Gasteiger partial charge in [0.15, 0.2) is 16.3 Å². The van der Waals surface area contributed by atoms with Crippen molar-refractivity contribution in [1.29, 1.82) is 0 Å². The molecule has 1 aromatic heterocycles. The molecule has 0 fully saturated rings. The molecule has 190 valence electrons. The van der Waals surface area contributed by atoms with Crippen molar-refractivity contribution >= 4 is 29.1 Å². The molecule has 4 aromatic rings. The first kappa shape index (κ1) is 23.7. The second kappa shape index (κ2) is 9.68. The maximum Gasteiger partial charge on any atom is 0.338 e. The standard InChI is InChI=1S/C29H22N2O6S/c1-2-35-28(34)24-25(18-6-4-3-5-7-18)30-29-31(26(24)19-10-13-21-22(15-19)37-16-36-21)27(33)23(38-29)14-17-8-11-20(32)12-9-17/h3-15,26,32H,2,16H2,1H3/b23-14-/t26-/m0/s1. The highest BCUT2D eigenvalue weighted by Gasteiger charge is 2.36. The van der Waals surface area contributed by atoms with Crippen LogP contribution in [0.3, 0.4) is 0 Å². The van der Waals surface area contributed by atoms with Crippen LogP contribution < -0.4 is 24.4 Å². The first-order valence-electron chi connectivity index (χ1n) is 12.0. The van der Waals surface area contributed by atoms with Gasteiger partial charge in [0.1, 0.15) is 5.75 Å². The first-order chi connectivity index (χ1) is 18.5. The minimum absolute atomic E-state index is 0.101. The number of ether oxygens (including phenoxy) is 3. The van der Waals surface area contributed by atoms with Crippen molar-refractivity contribution in [2.45, 2.75) is 13.0 Å². The number of esters is 1. The SMILES string of the molecule is CCOC(=O)C1=C(c2ccccc2)N=c2s/c(=C\c3ccc(O)cc3)c(=O)n2[C@H]1c1ccc2c(c1)OCO2. The molecule has 0 amide bonds. The molecule has 0 saturated heterocycles. The molecule has 3 heterocycles. The lowest BCUT2D eigenvalue weighted by molar-refractivity contribution is -0.138. The Bertz CT molecular complexity index is 1750. The number of aromatic hydroxyl groups is 1. The molecular weight excluding hydrogens is 504 g/mol. The smallest absolute Gasteiger partial charge is 0.338 e. The van der Waals surface area contributed by atoms with Crippen molar-refractivity contribution in [1.82, 2.24) is 4.57 Å². The fraction of sp³-hybridized carbons (Fsp3) is 0.138. The van der Waals surface area contributed by atoms with Crippen LogP contribution >= 0.6 is 11.3 Å². The van der Waals surface area contributed by atoms with Crippen LogP contribution in [-0.4, -0.2) is 29.0 Å². The second-order valence-corrected chi connectivity index (χ2v) is 9.64. The third-order valence-corrected chi connectivity index (χ3v) is 7.26. The topological polar surface area (TPSA) is 99.4 Å². The van der Waals surface area contributed by atoms with Gasteiger partial charge in [0.2, 0.25) is 6.79 Å². The van der Waals surface area contributed by atoms with E-state index in [1.54, 1.807) is 49.4 Å². The summed E-state index contributed by atoms with van der Waals surface area (Å²) in [4.78, 5) is 32.7. The minimum atomic E-state index is -0.808. The minimum Gasteiger partial charge on any atom is -0.508 e. The fourth-order valence-electron chi connectivity index (χ4n) is 4.56. The Morgan fingerprint density at radius 1 is 1.11 bits per heavy atom. The number of carbonyl (C=O) groups is 1. The summed E-state index contributed by atoms with van der Waals surface area (Å²) < 4.78 is 18.6. The normalized spacial score (nSPS) is 16.2. The van der Waals surface area contributed by atoms with Gasteiger partial charge in [-0.25, -0.2) is 9.79 Å². The summed E-state index contributed by atoms with van der Waals surface area (Å²) in [5, 5.41) is 9.64. The van der Waals surface area contributed by atoms with Gasteiger partial charge in [-0.1, -0.05) is 59.9 Å². The molecule has 1 N–H and O–H groups in total. The molecule has 2 aliphatic heterocycles. The number of thiazole rings is 1. The molecule has 0 spiro atoms. The van der Waals surface area contributed by atoms with Crippen LogP contribution in [-0.2, 0) is 9.53 Å². The van der Waals surface area contributed by atoms with Gasteiger partial charge in [-0.2, -0.15) is 0 Å². The van der Waals surface area contributed by atoms with Crippen LogP contribution in [0.2, 0.25) is 0 Å². The van der Waals surface area contributed by atoms with Gasteiger partial charge in [-0.05, 0) is 48.4 Å². The van der Waals surface area contributed by atoms with Crippen LogP contribution in [0.1, 0.15) is 29.7 Å². The number of carbonyl (C=O) groups excluding carboxylic acids is 1. The molecule has 0 bridgehead atoms. The number of benzene rings is 3. The molecule has 9 heteroatoms. The van der Waals surface area contributed by atoms with Gasteiger partial charge < -0.3 is 19.3 Å². The second-order valence-electron chi connectivity index (χ2n) is 8.64. The van der Waals surface area contributed by atoms with Crippen molar-refractivity contribution in [2.24, 2.45) is 4.99 Å². The van der Waals surface area contributed by atoms with Gasteiger partial charge in [0.25, 0.3) is 5.56 Å². The summed E-state index contributed by atoms with van der Waals surface area (Å²) in [6, 6.07) is 20.5. The molecule has 1 atom stereocenters. The lowest BCUT2D eigenvalue weighted by Gasteiger charge is -2.26. The van der Waals surface area contributed by atoms with E-state index in [0.717, 1.165) is 11.1 Å². The molecule has 6 rings (SSSR count). The van der Waals surface area contributed by atoms with Crippen molar-refractivity contribution in [2.75, 3.05) is 13.4 Å². The van der Waals surface area contributed by atoms with E-state index in [1.165, 1.54) is 15.9 Å². The Hall–Kier alpha value is -4.63. The highest BCUT2D eigenvalue weighted by Crippen LogP contribution is 2.40. The molecule has 8 nitrogen and oxygen atoms in total. The highest BCUT2D eigenvalue weighted by atomic mass is 32.1. The van der Waals surface area contributed by atoms with Gasteiger partial charge in [-0.15, -0.1) is 0 Å². The van der Waals surface area contributed by atoms with Crippen LogP contribution in [0.15, 0.2) is 88.2 Å². The van der Waals surface area contributed by atoms with E-state index in [9.17, 15) is 14.7 Å². The number of fused-ring (bicyclic) bond motifs is 2. The molecule has 38 heavy (non-hydrogen) atoms. The Morgan fingerprint density at radius 3 is 2.63 bits per heavy atom. The zero-order valence-electron chi connectivity index (χ0n) is 20.3. The monoisotopic (exact) mass is 526 g/mol. The van der Waals surface area contributed by atoms with Gasteiger partial charge in [0, 0.05) is 5.56 Å². The molecule has 0 aliphatic carbocycles. The Balaban J connectivity index is 1.64. The Kier molecular flexibility index (Phi) is 6.05. The van der Waals surface area contributed by atoms with Crippen molar-refractivity contribution in [3.05, 3.63) is 115 Å². The first-order valence-corrected chi connectivity index (χ1v) is 12.8. The molecular formula is C29H22N2O6S. The highest BCUT2D eigenvalue weighted by molar-refractivity contribution is 7.07. The Morgan fingerprint density at radius 2 is 1.87 bits per heavy atom. The average Bonchev–Trinajstić information content (AvgIpc) is 3.53. The summed E-state index contributed by atoms with van der Waals surface area (Å²) in [6.45, 7) is 2.01. The molecule has 2 aliphatic rings. The fourth-order valence-corrected chi connectivity index (χ4v) is 5.56. The molecule has 0 radical (unpaired) electrons. The van der Waals surface area contributed by atoms with E-state index in [2.05, 4.69) is 0 Å². The largest absolute Gasteiger partial charge is 0.508 e. The van der Waals surface area contributed by atoms with E-state index in [-0.39, 0.29) is 30.3 Å². The summed E-state index contributed by atoms with van der Waals surface area (Å²) >= 11 is 1.23. The van der Waals surface area contributed by atoms with Gasteiger partial charge in [0.05, 0.1) is 28.5 Å². The quantitative estimate of drug-likeness (QED) is 0.401. The van der Waals surface area contributed by atoms with Crippen LogP contribution in [0.5, 0.6) is 17.2 Å². The zero-order chi connectivity index (χ0) is 26.2. The number of hydrogen-bond acceptors (Lipinski definition) is 8. The van der Waals surface area contributed by atoms with Crippen molar-refractivity contribution in [3.8, 4) is 17.2 Å². The van der Waals surface area contributed by atoms with Crippen LogP contribution in [0.4, 0.5) is 0 Å². The average molecular weight is 527 g/mol. The predicted molar refractivity (Wildman–Crippen MR) is 142 cm³/mol. The molecule has 0 unspecified atom stereocenters. The summed E-state index contributed by atoms with van der Waals surface area (Å²) in [5.41, 5.74) is 2.57. The van der Waals surface area contributed by atoms with Crippen LogP contribution in [0, 0.1) is 0 Å². The predicted octanol–water partition coefficient (Wildman–Crippen LogP) is 3.37. The van der Waals surface area contributed by atoms with Gasteiger partial charge >= 0.3 is 5.97 Å². The number of rotatable bonds is 5. The molecule has 3 aromatic carbocycles. The maximum atomic E-state index is 13.9. The number of nitrogens with zero attached hydrogens (tertiary/aromatic N) is 2. The van der Waals surface area contributed by atoms with Gasteiger partial charge in [-0.3, -0.25) is 9.36 Å². The summed E-state index contributed by atoms with van der Waals surface area (Å²) in [7, 11) is 0. The summed E-state index contributed by atoms with van der Waals surface area (Å²) in [6.07, 6.45) is 1.75. The third-order valence-electron chi connectivity index (χ3n) is 6.28. The van der Waals surface area contributed by atoms with Crippen molar-refractivity contribution in [3.63, 3.8) is 0 Å². The van der Waals surface area contributed by atoms with E-state index >= 15 is 0 Å². The number of hydrogen-bond donors (Lipinski definition) is 1. The van der Waals surface area contributed by atoms with E-state index in [0.29, 0.717) is 32.1 Å². The maximum absolute atomic E-state index is 13.9. The van der Waals surface area contributed by atoms with E-state index in [4.69, 9.17) is 19.2 Å². The Labute approximate surface area is 221 Å². The summed E-state index contributed by atoms with van der Waals surface area (Å²) in [5.74, 6) is 0.720. The number of aromatic nitrogens is 1. The molecule has 0 saturated carbocycles. The van der Waals surface area contributed by atoms with Crippen LogP contribution in [0.25, 0.3) is 11.8 Å². The number of phenols is 1. The lowest BCUT2D eigenvalue weighted by Crippen LogP contribution is -2.40. The van der Waals surface area contributed by atoms with E-state index < -0.39 is 12.0 Å². The zero-order valence-corrected chi connectivity index (χ0v) is 21.1. The number of phenolic OH excluding ortho intramolecular Hbond substituents is 1. The third kappa shape index (κ3) is 4.16.